The number of amides is 2. The highest BCUT2D eigenvalue weighted by atomic mass is 16.7. The third kappa shape index (κ3) is 9.14. The van der Waals surface area contributed by atoms with Crippen LogP contribution in [0.3, 0.4) is 0 Å². The number of Topliss-reactive ketones (excluding diaryl/α,β-unsaturated/α-hetero) is 3. The van der Waals surface area contributed by atoms with Crippen molar-refractivity contribution in [3.63, 3.8) is 0 Å². The fourth-order valence-corrected chi connectivity index (χ4v) is 9.48. The molecule has 374 valence electrons. The van der Waals surface area contributed by atoms with Crippen LogP contribution in [0.2, 0.25) is 0 Å². The molecule has 4 aliphatic heterocycles. The van der Waals surface area contributed by atoms with E-state index in [0.717, 1.165) is 6.26 Å². The van der Waals surface area contributed by atoms with Crippen molar-refractivity contribution in [2.24, 2.45) is 23.7 Å². The number of ketones is 3. The van der Waals surface area contributed by atoms with E-state index in [-0.39, 0.29) is 66.8 Å². The smallest absolute Gasteiger partial charge is 0.312 e. The minimum atomic E-state index is -2.46. The number of aromatic hydroxyl groups is 1. The van der Waals surface area contributed by atoms with E-state index in [4.69, 9.17) is 28.2 Å². The molecule has 70 heavy (non-hydrogen) atoms. The molecule has 19 heteroatoms. The van der Waals surface area contributed by atoms with Crippen LogP contribution in [0, 0.1) is 30.6 Å². The van der Waals surface area contributed by atoms with Gasteiger partial charge in [-0.1, -0.05) is 63.2 Å². The topological polar surface area (TPSA) is 266 Å². The summed E-state index contributed by atoms with van der Waals surface area (Å²) in [6.07, 6.45) is 2.98. The molecule has 1 saturated heterocycles. The second kappa shape index (κ2) is 20.4. The Morgan fingerprint density at radius 2 is 1.66 bits per heavy atom. The van der Waals surface area contributed by atoms with Gasteiger partial charge in [-0.2, -0.15) is 0 Å². The first kappa shape index (κ1) is 51.2. The summed E-state index contributed by atoms with van der Waals surface area (Å²) < 4.78 is 34.4. The molecule has 0 saturated carbocycles. The predicted molar refractivity (Wildman–Crippen MR) is 250 cm³/mol. The monoisotopic (exact) mass is 968 g/mol. The predicted octanol–water partition coefficient (Wildman–Crippen LogP) is 4.07. The summed E-state index contributed by atoms with van der Waals surface area (Å²) >= 11 is 0. The highest BCUT2D eigenvalue weighted by molar-refractivity contribution is 6.32. The molecule has 8 rings (SSSR count). The number of aliphatic hydroxyl groups is 3. The summed E-state index contributed by atoms with van der Waals surface area (Å²) in [5, 5.41) is 57.4. The Morgan fingerprint density at radius 3 is 2.34 bits per heavy atom. The van der Waals surface area contributed by atoms with E-state index in [2.05, 4.69) is 15.8 Å². The van der Waals surface area contributed by atoms with Gasteiger partial charge in [-0.05, 0) is 32.1 Å². The number of carbonyl (C=O) groups is 5. The summed E-state index contributed by atoms with van der Waals surface area (Å²) in [5.41, 5.74) is -3.20. The van der Waals surface area contributed by atoms with Gasteiger partial charge in [-0.25, -0.2) is 0 Å². The number of fused-ring (bicyclic) bond motifs is 14. The van der Waals surface area contributed by atoms with Crippen molar-refractivity contribution in [3.05, 3.63) is 106 Å². The number of nitrogens with zero attached hydrogens (tertiary/aromatic N) is 2. The average molecular weight is 969 g/mol. The number of morpholine rings is 1. The van der Waals surface area contributed by atoms with E-state index in [1.54, 1.807) is 55.2 Å². The van der Waals surface area contributed by atoms with Gasteiger partial charge >= 0.3 is 5.79 Å². The molecule has 5 aliphatic rings. The number of para-hydroxylation sites is 1. The SMILES string of the molecule is COc1ccccc1-c1cc(CNC(=O)[C@]2(O)[C@H](C)[C@H](O)[C@H](C)[C@@H](O)[C@@H](C)/C=C/C=C(/C)C(=O)NC3=C(N4CCOCC4)C(=O)c4c(c(O)c(C)c5c4C(=O)[C@@](C)(O/C=C/[C@H](OC)[C@H]2C)O5)C3=O)on1. The number of hydrogen-bond acceptors (Lipinski definition) is 17. The van der Waals surface area contributed by atoms with Crippen LogP contribution >= 0.6 is 0 Å². The van der Waals surface area contributed by atoms with E-state index in [1.807, 2.05) is 0 Å². The van der Waals surface area contributed by atoms with Gasteiger partial charge < -0.3 is 64.2 Å². The number of ether oxygens (including phenoxy) is 5. The van der Waals surface area contributed by atoms with Gasteiger partial charge in [0.1, 0.15) is 34.3 Å². The lowest BCUT2D eigenvalue weighted by molar-refractivity contribution is -0.173. The van der Waals surface area contributed by atoms with Gasteiger partial charge in [0.2, 0.25) is 11.6 Å². The number of rotatable bonds is 7. The van der Waals surface area contributed by atoms with E-state index in [1.165, 1.54) is 67.1 Å². The van der Waals surface area contributed by atoms with Crippen LogP contribution < -0.4 is 20.1 Å². The van der Waals surface area contributed by atoms with Crippen molar-refractivity contribution in [2.75, 3.05) is 40.5 Å². The first-order valence-electron chi connectivity index (χ1n) is 23.0. The van der Waals surface area contributed by atoms with Gasteiger partial charge in [0, 0.05) is 73.6 Å². The number of nitrogens with one attached hydrogen (secondary N) is 2. The van der Waals surface area contributed by atoms with Crippen molar-refractivity contribution in [3.8, 4) is 28.5 Å². The maximum Gasteiger partial charge on any atom is 0.312 e. The number of benzene rings is 2. The van der Waals surface area contributed by atoms with Crippen molar-refractivity contribution >= 4 is 29.2 Å². The van der Waals surface area contributed by atoms with Crippen LogP contribution in [0.25, 0.3) is 11.3 Å². The Bertz CT molecular complexity index is 2700. The highest BCUT2D eigenvalue weighted by Crippen LogP contribution is 2.49. The van der Waals surface area contributed by atoms with E-state index in [0.29, 0.717) is 17.0 Å². The molecular formula is C51H60N4O15. The molecule has 1 fully saturated rings. The van der Waals surface area contributed by atoms with Gasteiger partial charge in [0.15, 0.2) is 11.4 Å². The number of hydrogen-bond donors (Lipinski definition) is 6. The first-order chi connectivity index (χ1) is 33.2. The zero-order valence-corrected chi connectivity index (χ0v) is 40.5. The molecule has 1 aromatic heterocycles. The Kier molecular flexibility index (Phi) is 14.9. The molecule has 2 amide bonds. The Morgan fingerprint density at radius 1 is 0.957 bits per heavy atom. The number of phenolic OH excluding ortho intramolecular Hbond substituents is 1. The van der Waals surface area contributed by atoms with Crippen molar-refractivity contribution in [2.45, 2.75) is 84.7 Å². The molecule has 0 unspecified atom stereocenters. The van der Waals surface area contributed by atoms with E-state index >= 15 is 0 Å². The van der Waals surface area contributed by atoms with Crippen LogP contribution in [0.4, 0.5) is 0 Å². The first-order valence-corrected chi connectivity index (χ1v) is 23.0. The maximum absolute atomic E-state index is 14.8. The zero-order valence-electron chi connectivity index (χ0n) is 40.5. The highest BCUT2D eigenvalue weighted by Gasteiger charge is 2.55. The normalized spacial score (nSPS) is 30.5. The molecule has 1 aliphatic carbocycles. The number of phenols is 1. The van der Waals surface area contributed by atoms with Crippen LogP contribution in [-0.4, -0.2) is 130 Å². The minimum absolute atomic E-state index is 0.0503. The summed E-state index contributed by atoms with van der Waals surface area (Å²) in [5.74, 6) is -10.7. The molecule has 5 heterocycles. The third-order valence-corrected chi connectivity index (χ3v) is 14.0. The molecule has 0 spiro atoms. The van der Waals surface area contributed by atoms with Gasteiger partial charge in [-0.3, -0.25) is 24.0 Å². The van der Waals surface area contributed by atoms with E-state index in [9.17, 15) is 44.4 Å². The lowest BCUT2D eigenvalue weighted by atomic mass is 9.69. The second-order valence-electron chi connectivity index (χ2n) is 18.3. The minimum Gasteiger partial charge on any atom is -0.507 e. The molecule has 5 bridgehead atoms. The molecular weight excluding hydrogens is 909 g/mol. The van der Waals surface area contributed by atoms with Gasteiger partial charge in [0.05, 0.1) is 68.1 Å². The molecule has 19 nitrogen and oxygen atoms in total. The third-order valence-electron chi connectivity index (χ3n) is 14.0. The molecule has 3 aromatic rings. The lowest BCUT2D eigenvalue weighted by Crippen LogP contribution is -2.61. The van der Waals surface area contributed by atoms with E-state index < -0.39 is 105 Å². The number of aliphatic hydroxyl groups excluding tert-OH is 2. The maximum atomic E-state index is 14.8. The summed E-state index contributed by atoms with van der Waals surface area (Å²) in [6.45, 7) is 10.8. The number of carbonyl (C=O) groups excluding carboxylic acids is 5. The van der Waals surface area contributed by atoms with Crippen LogP contribution in [0.15, 0.2) is 82.4 Å². The van der Waals surface area contributed by atoms with Gasteiger partial charge in [0.25, 0.3) is 17.6 Å². The summed E-state index contributed by atoms with van der Waals surface area (Å²) in [7, 11) is 2.84. The number of allylic oxidation sites excluding steroid dienone is 4. The Balaban J connectivity index is 1.29. The standard InChI is InChI=1S/C51H60N4O15/c1-25-13-12-14-26(2)48(62)53-39-40(55-18-21-67-22-19-55)45(60)36-37(44(39)59)43(58)28(4)46-38(36)47(61)50(7,69-46)68-20-17-34(65-8)29(5)51(64,30(6)42(57)27(3)41(25)56)49(63)52-24-31-23-33(54-70-31)32-15-10-11-16-35(32)66-9/h10-17,20,23,25,27,29-30,34,41-42,56-58,64H,18-19,21-22,24H2,1-9H3,(H,52,63)(H,53,62)/b13-12+,20-17+,26-14-/t25-,27+,29+,30+,34-,41-,42+,50-,51+/m0/s1. The van der Waals surface area contributed by atoms with Gasteiger partial charge in [-0.15, -0.1) is 0 Å². The van der Waals surface area contributed by atoms with Crippen molar-refractivity contribution in [1.29, 1.82) is 0 Å². The fourth-order valence-electron chi connectivity index (χ4n) is 9.48. The molecule has 2 aromatic carbocycles. The van der Waals surface area contributed by atoms with Crippen molar-refractivity contribution in [1.82, 2.24) is 20.7 Å². The Labute approximate surface area is 404 Å². The Hall–Kier alpha value is -6.64. The summed E-state index contributed by atoms with van der Waals surface area (Å²) in [4.78, 5) is 74.0. The zero-order chi connectivity index (χ0) is 51.0. The molecule has 6 N–H and O–H groups in total. The average Bonchev–Trinajstić information content (AvgIpc) is 3.94. The van der Waals surface area contributed by atoms with Crippen LogP contribution in [-0.2, 0) is 30.3 Å². The van der Waals surface area contributed by atoms with Crippen molar-refractivity contribution < 1.29 is 72.6 Å². The fraction of sp³-hybridized carbons (Fsp3) is 0.451. The lowest BCUT2D eigenvalue weighted by Gasteiger charge is -2.43. The number of methoxy groups -OCH3 is 2. The second-order valence-corrected chi connectivity index (χ2v) is 18.3. The van der Waals surface area contributed by atoms with Crippen LogP contribution in [0.1, 0.15) is 83.9 Å². The molecule has 0 radical (unpaired) electrons. The summed E-state index contributed by atoms with van der Waals surface area (Å²) in [6, 6.07) is 8.75. The largest absolute Gasteiger partial charge is 0.507 e. The number of aromatic nitrogens is 1. The quantitative estimate of drug-likeness (QED) is 0.195. The molecule has 9 atom stereocenters. The van der Waals surface area contributed by atoms with Crippen LogP contribution in [0.5, 0.6) is 17.2 Å².